The number of nitrogens with one attached hydrogen (secondary N) is 1. The number of H-pyrrole nitrogens is 1. The first-order chi connectivity index (χ1) is 6.26. The van der Waals surface area contributed by atoms with Crippen LogP contribution in [0.4, 0.5) is 0 Å². The Kier molecular flexibility index (Phi) is 5.85. The van der Waals surface area contributed by atoms with Crippen molar-refractivity contribution in [3.63, 3.8) is 0 Å². The fraction of sp³-hybridized carbons (Fsp3) is 0.600. The van der Waals surface area contributed by atoms with E-state index in [1.807, 2.05) is 27.7 Å². The van der Waals surface area contributed by atoms with E-state index in [0.717, 1.165) is 24.4 Å². The molecule has 0 bridgehead atoms. The molecule has 3 heteroatoms. The lowest BCUT2D eigenvalue weighted by molar-refractivity contribution is 0.871. The molecular formula is C10H18N2O. The Morgan fingerprint density at radius 1 is 1.31 bits per heavy atom. The van der Waals surface area contributed by atoms with Crippen LogP contribution in [-0.2, 0) is 12.8 Å². The van der Waals surface area contributed by atoms with Crippen molar-refractivity contribution < 1.29 is 0 Å². The topological polar surface area (TPSA) is 45.8 Å². The second kappa shape index (κ2) is 6.40. The molecule has 0 aliphatic carbocycles. The summed E-state index contributed by atoms with van der Waals surface area (Å²) in [5.74, 6) is 0.773. The standard InChI is InChI=1S/C8H12N2O.C2H6/c1-3-6-5-8(11)10-7(4-2)9-6;1-2/h5H,3-4H2,1-2H3,(H,9,10,11);1-2H3. The van der Waals surface area contributed by atoms with Crippen molar-refractivity contribution in [3.05, 3.63) is 27.9 Å². The van der Waals surface area contributed by atoms with E-state index in [0.29, 0.717) is 0 Å². The van der Waals surface area contributed by atoms with Gasteiger partial charge in [-0.25, -0.2) is 4.98 Å². The fourth-order valence-corrected chi connectivity index (χ4v) is 0.912. The van der Waals surface area contributed by atoms with Crippen molar-refractivity contribution in [3.8, 4) is 0 Å². The summed E-state index contributed by atoms with van der Waals surface area (Å²) in [7, 11) is 0. The molecule has 1 N–H and O–H groups in total. The SMILES string of the molecule is CC.CCc1cc(=O)[nH]c(CC)n1. The van der Waals surface area contributed by atoms with Gasteiger partial charge in [0.2, 0.25) is 0 Å². The fourth-order valence-electron chi connectivity index (χ4n) is 0.912. The largest absolute Gasteiger partial charge is 0.311 e. The number of nitrogens with zero attached hydrogens (tertiary/aromatic N) is 1. The van der Waals surface area contributed by atoms with Crippen molar-refractivity contribution in [2.24, 2.45) is 0 Å². The summed E-state index contributed by atoms with van der Waals surface area (Å²) >= 11 is 0. The van der Waals surface area contributed by atoms with E-state index in [4.69, 9.17) is 0 Å². The normalized spacial score (nSPS) is 8.92. The average molecular weight is 182 g/mol. The minimum absolute atomic E-state index is 0.0475. The van der Waals surface area contributed by atoms with Crippen molar-refractivity contribution in [1.29, 1.82) is 0 Å². The zero-order valence-electron chi connectivity index (χ0n) is 8.85. The summed E-state index contributed by atoms with van der Waals surface area (Å²) in [6, 6.07) is 1.54. The van der Waals surface area contributed by atoms with E-state index in [1.165, 1.54) is 0 Å². The smallest absolute Gasteiger partial charge is 0.251 e. The molecular weight excluding hydrogens is 164 g/mol. The van der Waals surface area contributed by atoms with Crippen LogP contribution in [0.15, 0.2) is 10.9 Å². The Bertz CT molecular complexity index is 266. The zero-order valence-corrected chi connectivity index (χ0v) is 8.85. The average Bonchev–Trinajstić information content (AvgIpc) is 2.20. The maximum Gasteiger partial charge on any atom is 0.251 e. The molecule has 0 aliphatic rings. The first kappa shape index (κ1) is 11.9. The first-order valence-corrected chi connectivity index (χ1v) is 4.85. The third kappa shape index (κ3) is 3.87. The molecule has 1 rings (SSSR count). The minimum atomic E-state index is -0.0475. The van der Waals surface area contributed by atoms with E-state index in [9.17, 15) is 4.79 Å². The summed E-state index contributed by atoms with van der Waals surface area (Å²) in [4.78, 5) is 17.8. The molecule has 0 saturated carbocycles. The van der Waals surface area contributed by atoms with Gasteiger partial charge in [0.05, 0.1) is 0 Å². The zero-order chi connectivity index (χ0) is 10.3. The van der Waals surface area contributed by atoms with Gasteiger partial charge in [0, 0.05) is 18.2 Å². The molecule has 0 fully saturated rings. The number of hydrogen-bond acceptors (Lipinski definition) is 2. The van der Waals surface area contributed by atoms with Gasteiger partial charge in [0.15, 0.2) is 0 Å². The molecule has 1 heterocycles. The maximum absolute atomic E-state index is 10.9. The highest BCUT2D eigenvalue weighted by Crippen LogP contribution is 1.92. The van der Waals surface area contributed by atoms with Gasteiger partial charge in [-0.2, -0.15) is 0 Å². The summed E-state index contributed by atoms with van der Waals surface area (Å²) in [6.07, 6.45) is 1.60. The molecule has 74 valence electrons. The van der Waals surface area contributed by atoms with Crippen molar-refractivity contribution in [1.82, 2.24) is 9.97 Å². The van der Waals surface area contributed by atoms with Crippen LogP contribution in [-0.4, -0.2) is 9.97 Å². The second-order valence-corrected chi connectivity index (χ2v) is 2.39. The molecule has 0 saturated heterocycles. The summed E-state index contributed by atoms with van der Waals surface area (Å²) in [5, 5.41) is 0. The van der Waals surface area contributed by atoms with Gasteiger partial charge < -0.3 is 4.98 Å². The van der Waals surface area contributed by atoms with Gasteiger partial charge >= 0.3 is 0 Å². The molecule has 0 unspecified atom stereocenters. The Labute approximate surface area is 79.2 Å². The van der Waals surface area contributed by atoms with Crippen LogP contribution < -0.4 is 5.56 Å². The lowest BCUT2D eigenvalue weighted by atomic mass is 10.3. The highest BCUT2D eigenvalue weighted by molar-refractivity contribution is 5.02. The highest BCUT2D eigenvalue weighted by Gasteiger charge is 1.95. The number of rotatable bonds is 2. The van der Waals surface area contributed by atoms with Gasteiger partial charge in [-0.15, -0.1) is 0 Å². The van der Waals surface area contributed by atoms with Crippen LogP contribution in [0.5, 0.6) is 0 Å². The molecule has 0 aliphatic heterocycles. The number of aromatic nitrogens is 2. The third-order valence-corrected chi connectivity index (χ3v) is 1.54. The van der Waals surface area contributed by atoms with Gasteiger partial charge in [-0.1, -0.05) is 27.7 Å². The van der Waals surface area contributed by atoms with Gasteiger partial charge in [0.25, 0.3) is 5.56 Å². The predicted molar refractivity (Wildman–Crippen MR) is 55.0 cm³/mol. The van der Waals surface area contributed by atoms with E-state index < -0.39 is 0 Å². The van der Waals surface area contributed by atoms with Crippen molar-refractivity contribution in [2.75, 3.05) is 0 Å². The summed E-state index contributed by atoms with van der Waals surface area (Å²) in [6.45, 7) is 7.96. The van der Waals surface area contributed by atoms with Crippen LogP contribution in [0.2, 0.25) is 0 Å². The molecule has 3 nitrogen and oxygen atoms in total. The Balaban J connectivity index is 0.000000671. The molecule has 1 aromatic rings. The number of aryl methyl sites for hydroxylation is 2. The highest BCUT2D eigenvalue weighted by atomic mass is 16.1. The minimum Gasteiger partial charge on any atom is -0.311 e. The van der Waals surface area contributed by atoms with Gasteiger partial charge in [-0.3, -0.25) is 4.79 Å². The molecule has 0 atom stereocenters. The second-order valence-electron chi connectivity index (χ2n) is 2.39. The molecule has 1 aromatic heterocycles. The lowest BCUT2D eigenvalue weighted by Gasteiger charge is -1.97. The van der Waals surface area contributed by atoms with Crippen molar-refractivity contribution >= 4 is 0 Å². The van der Waals surface area contributed by atoms with Gasteiger partial charge in [-0.05, 0) is 6.42 Å². The van der Waals surface area contributed by atoms with E-state index >= 15 is 0 Å². The molecule has 0 spiro atoms. The first-order valence-electron chi connectivity index (χ1n) is 4.85. The van der Waals surface area contributed by atoms with E-state index in [2.05, 4.69) is 9.97 Å². The van der Waals surface area contributed by atoms with Crippen LogP contribution in [0.25, 0.3) is 0 Å². The molecule has 0 amide bonds. The van der Waals surface area contributed by atoms with Crippen LogP contribution >= 0.6 is 0 Å². The monoisotopic (exact) mass is 182 g/mol. The molecule has 0 aromatic carbocycles. The Morgan fingerprint density at radius 2 is 1.92 bits per heavy atom. The van der Waals surface area contributed by atoms with Crippen LogP contribution in [0.1, 0.15) is 39.2 Å². The summed E-state index contributed by atoms with van der Waals surface area (Å²) in [5.41, 5.74) is 0.819. The van der Waals surface area contributed by atoms with E-state index in [1.54, 1.807) is 6.07 Å². The predicted octanol–water partition coefficient (Wildman–Crippen LogP) is 1.92. The third-order valence-electron chi connectivity index (χ3n) is 1.54. The Hall–Kier alpha value is -1.12. The number of aromatic amines is 1. The van der Waals surface area contributed by atoms with Crippen LogP contribution in [0, 0.1) is 0 Å². The van der Waals surface area contributed by atoms with Crippen LogP contribution in [0.3, 0.4) is 0 Å². The Morgan fingerprint density at radius 3 is 2.38 bits per heavy atom. The van der Waals surface area contributed by atoms with Gasteiger partial charge in [0.1, 0.15) is 5.82 Å². The lowest BCUT2D eigenvalue weighted by Crippen LogP contribution is -2.11. The number of hydrogen-bond donors (Lipinski definition) is 1. The molecule has 13 heavy (non-hydrogen) atoms. The maximum atomic E-state index is 10.9. The van der Waals surface area contributed by atoms with E-state index in [-0.39, 0.29) is 5.56 Å². The quantitative estimate of drug-likeness (QED) is 0.759. The summed E-state index contributed by atoms with van der Waals surface area (Å²) < 4.78 is 0. The van der Waals surface area contributed by atoms with Crippen molar-refractivity contribution in [2.45, 2.75) is 40.5 Å². The molecule has 0 radical (unpaired) electrons.